The molecular weight excluding hydrogens is 382 g/mol. The molecule has 7 nitrogen and oxygen atoms in total. The van der Waals surface area contributed by atoms with Crippen molar-refractivity contribution in [1.29, 1.82) is 0 Å². The van der Waals surface area contributed by atoms with Gasteiger partial charge >= 0.3 is 0 Å². The second-order valence-electron chi connectivity index (χ2n) is 7.24. The highest BCUT2D eigenvalue weighted by Crippen LogP contribution is 2.48. The van der Waals surface area contributed by atoms with Gasteiger partial charge in [-0.15, -0.1) is 0 Å². The van der Waals surface area contributed by atoms with Crippen LogP contribution in [-0.4, -0.2) is 22.8 Å². The minimum Gasteiger partial charge on any atom is -0.497 e. The number of hydrogen-bond acceptors (Lipinski definition) is 6. The molecule has 3 aromatic rings. The zero-order valence-electron chi connectivity index (χ0n) is 16.3. The molecule has 2 heterocycles. The largest absolute Gasteiger partial charge is 0.497 e. The zero-order chi connectivity index (χ0) is 20.7. The molecule has 30 heavy (non-hydrogen) atoms. The Morgan fingerprint density at radius 2 is 1.93 bits per heavy atom. The first-order valence-electron chi connectivity index (χ1n) is 9.64. The van der Waals surface area contributed by atoms with E-state index in [0.29, 0.717) is 12.0 Å². The van der Waals surface area contributed by atoms with E-state index in [0.717, 1.165) is 28.3 Å². The van der Waals surface area contributed by atoms with Crippen molar-refractivity contribution in [3.05, 3.63) is 99.6 Å². The van der Waals surface area contributed by atoms with Crippen LogP contribution in [0.15, 0.2) is 77.9 Å². The molecule has 150 valence electrons. The third-order valence-corrected chi connectivity index (χ3v) is 5.47. The zero-order valence-corrected chi connectivity index (χ0v) is 16.3. The van der Waals surface area contributed by atoms with E-state index < -0.39 is 11.2 Å². The molecular formula is C23H19N3O4. The number of hydrogen-bond donors (Lipinski definition) is 0. The number of rotatable bonds is 4. The number of nitrogens with zero attached hydrogens (tertiary/aromatic N) is 3. The van der Waals surface area contributed by atoms with E-state index in [1.807, 2.05) is 59.6 Å². The molecule has 3 aromatic carbocycles. The SMILES string of the molecule is COc1ccc2c(c1)[C@@H]1CC(c3ccccc3)=NN1[C@H](c1cccc([N+](=O)[O-])c1)O2. The Kier molecular flexibility index (Phi) is 4.35. The summed E-state index contributed by atoms with van der Waals surface area (Å²) < 4.78 is 11.7. The number of methoxy groups -OCH3 is 1. The molecule has 2 atom stereocenters. The second kappa shape index (κ2) is 7.18. The fraction of sp³-hybridized carbons (Fsp3) is 0.174. The molecule has 2 aliphatic rings. The van der Waals surface area contributed by atoms with Crippen LogP contribution in [-0.2, 0) is 0 Å². The third kappa shape index (κ3) is 3.04. The molecule has 0 amide bonds. The molecule has 0 radical (unpaired) electrons. The van der Waals surface area contributed by atoms with Crippen molar-refractivity contribution in [2.24, 2.45) is 5.10 Å². The molecule has 0 bridgehead atoms. The maximum Gasteiger partial charge on any atom is 0.269 e. The number of nitro benzene ring substituents is 1. The van der Waals surface area contributed by atoms with Crippen molar-refractivity contribution in [3.63, 3.8) is 0 Å². The maximum atomic E-state index is 11.3. The fourth-order valence-electron chi connectivity index (χ4n) is 4.01. The summed E-state index contributed by atoms with van der Waals surface area (Å²) in [7, 11) is 1.63. The molecule has 7 heteroatoms. The van der Waals surface area contributed by atoms with Gasteiger partial charge in [-0.2, -0.15) is 5.10 Å². The molecule has 0 unspecified atom stereocenters. The first-order chi connectivity index (χ1) is 14.6. The van der Waals surface area contributed by atoms with E-state index in [2.05, 4.69) is 0 Å². The van der Waals surface area contributed by atoms with Crippen LogP contribution in [0.5, 0.6) is 11.5 Å². The van der Waals surface area contributed by atoms with Crippen LogP contribution >= 0.6 is 0 Å². The highest BCUT2D eigenvalue weighted by atomic mass is 16.6. The Labute approximate surface area is 173 Å². The van der Waals surface area contributed by atoms with E-state index in [1.54, 1.807) is 19.2 Å². The first kappa shape index (κ1) is 18.2. The van der Waals surface area contributed by atoms with E-state index >= 15 is 0 Å². The molecule has 0 saturated carbocycles. The van der Waals surface area contributed by atoms with Gasteiger partial charge in [0.1, 0.15) is 11.5 Å². The first-order valence-corrected chi connectivity index (χ1v) is 9.64. The predicted octanol–water partition coefficient (Wildman–Crippen LogP) is 4.85. The summed E-state index contributed by atoms with van der Waals surface area (Å²) in [6.07, 6.45) is 0.149. The maximum absolute atomic E-state index is 11.3. The standard InChI is InChI=1S/C23H19N3O4/c1-29-18-10-11-22-19(13-18)21-14-20(15-6-3-2-4-7-15)24-25(21)23(30-22)16-8-5-9-17(12-16)26(27)28/h2-13,21,23H,14H2,1H3/t21-,23-/m0/s1. The van der Waals surface area contributed by atoms with Crippen molar-refractivity contribution in [2.75, 3.05) is 7.11 Å². The molecule has 0 aromatic heterocycles. The topological polar surface area (TPSA) is 77.2 Å². The Balaban J connectivity index is 1.61. The van der Waals surface area contributed by atoms with Crippen LogP contribution in [0.25, 0.3) is 0 Å². The van der Waals surface area contributed by atoms with E-state index in [1.165, 1.54) is 6.07 Å². The van der Waals surface area contributed by atoms with Crippen LogP contribution in [0.3, 0.4) is 0 Å². The van der Waals surface area contributed by atoms with Crippen LogP contribution in [0, 0.1) is 10.1 Å². The minimum absolute atomic E-state index is 0.0274. The smallest absolute Gasteiger partial charge is 0.269 e. The van der Waals surface area contributed by atoms with Gasteiger partial charge in [-0.1, -0.05) is 42.5 Å². The van der Waals surface area contributed by atoms with Crippen LogP contribution in [0.2, 0.25) is 0 Å². The summed E-state index contributed by atoms with van der Waals surface area (Å²) in [4.78, 5) is 10.9. The third-order valence-electron chi connectivity index (χ3n) is 5.47. The van der Waals surface area contributed by atoms with Gasteiger partial charge in [-0.3, -0.25) is 10.1 Å². The average molecular weight is 401 g/mol. The quantitative estimate of drug-likeness (QED) is 0.462. The normalized spacial score (nSPS) is 19.4. The number of benzene rings is 3. The highest BCUT2D eigenvalue weighted by molar-refractivity contribution is 6.01. The average Bonchev–Trinajstić information content (AvgIpc) is 3.24. The Morgan fingerprint density at radius 3 is 2.70 bits per heavy atom. The van der Waals surface area contributed by atoms with Crippen LogP contribution < -0.4 is 9.47 Å². The lowest BCUT2D eigenvalue weighted by molar-refractivity contribution is -0.385. The van der Waals surface area contributed by atoms with Gasteiger partial charge in [0, 0.05) is 29.7 Å². The Morgan fingerprint density at radius 1 is 1.10 bits per heavy atom. The van der Waals surface area contributed by atoms with E-state index in [4.69, 9.17) is 14.6 Å². The summed E-state index contributed by atoms with van der Waals surface area (Å²) >= 11 is 0. The van der Waals surface area contributed by atoms with Crippen molar-refractivity contribution >= 4 is 11.4 Å². The van der Waals surface area contributed by atoms with Crippen LogP contribution in [0.1, 0.15) is 35.4 Å². The summed E-state index contributed by atoms with van der Waals surface area (Å²) in [6.45, 7) is 0. The minimum atomic E-state index is -0.558. The van der Waals surface area contributed by atoms with Crippen molar-refractivity contribution in [1.82, 2.24) is 5.01 Å². The van der Waals surface area contributed by atoms with Gasteiger partial charge in [-0.25, -0.2) is 5.01 Å². The number of ether oxygens (including phenoxy) is 2. The summed E-state index contributed by atoms with van der Waals surface area (Å²) in [5.74, 6) is 1.48. The number of nitro groups is 1. The van der Waals surface area contributed by atoms with Gasteiger partial charge in [0.15, 0.2) is 0 Å². The van der Waals surface area contributed by atoms with Crippen molar-refractivity contribution < 1.29 is 14.4 Å². The lowest BCUT2D eigenvalue weighted by Crippen LogP contribution is -2.33. The number of non-ortho nitro benzene ring substituents is 1. The molecule has 2 aliphatic heterocycles. The lowest BCUT2D eigenvalue weighted by Gasteiger charge is -2.38. The van der Waals surface area contributed by atoms with E-state index in [9.17, 15) is 10.1 Å². The van der Waals surface area contributed by atoms with E-state index in [-0.39, 0.29) is 11.7 Å². The van der Waals surface area contributed by atoms with Gasteiger partial charge in [0.25, 0.3) is 5.69 Å². The van der Waals surface area contributed by atoms with Crippen molar-refractivity contribution in [2.45, 2.75) is 18.7 Å². The monoisotopic (exact) mass is 401 g/mol. The number of hydrazone groups is 1. The van der Waals surface area contributed by atoms with Gasteiger partial charge < -0.3 is 9.47 Å². The predicted molar refractivity (Wildman–Crippen MR) is 112 cm³/mol. The molecule has 0 spiro atoms. The summed E-state index contributed by atoms with van der Waals surface area (Å²) in [6, 6.07) is 22.2. The second-order valence-corrected chi connectivity index (χ2v) is 7.24. The lowest BCUT2D eigenvalue weighted by atomic mass is 9.95. The summed E-state index contributed by atoms with van der Waals surface area (Å²) in [5, 5.41) is 18.1. The molecule has 0 fully saturated rings. The highest BCUT2D eigenvalue weighted by Gasteiger charge is 2.41. The van der Waals surface area contributed by atoms with Crippen molar-refractivity contribution in [3.8, 4) is 11.5 Å². The van der Waals surface area contributed by atoms with Gasteiger partial charge in [-0.05, 0) is 23.8 Å². The fourth-order valence-corrected chi connectivity index (χ4v) is 4.01. The van der Waals surface area contributed by atoms with Gasteiger partial charge in [0.05, 0.1) is 23.8 Å². The molecule has 5 rings (SSSR count). The van der Waals surface area contributed by atoms with Gasteiger partial charge in [0.2, 0.25) is 6.23 Å². The molecule has 0 aliphatic carbocycles. The Bertz CT molecular complexity index is 1150. The number of fused-ring (bicyclic) bond motifs is 3. The van der Waals surface area contributed by atoms with Crippen LogP contribution in [0.4, 0.5) is 5.69 Å². The summed E-state index contributed by atoms with van der Waals surface area (Å²) in [5.41, 5.74) is 3.71. The molecule has 0 N–H and O–H groups in total. The Hall–Kier alpha value is -3.87. The molecule has 0 saturated heterocycles.